The Morgan fingerprint density at radius 2 is 2.11 bits per heavy atom. The van der Waals surface area contributed by atoms with Crippen molar-refractivity contribution in [1.82, 2.24) is 9.78 Å². The molecule has 1 aromatic carbocycles. The van der Waals surface area contributed by atoms with E-state index in [9.17, 15) is 0 Å². The van der Waals surface area contributed by atoms with Crippen LogP contribution >= 0.6 is 15.9 Å². The highest BCUT2D eigenvalue weighted by atomic mass is 79.9. The molecule has 5 heteroatoms. The molecule has 2 rings (SSSR count). The van der Waals surface area contributed by atoms with Crippen molar-refractivity contribution in [3.05, 3.63) is 39.6 Å². The molecule has 0 saturated heterocycles. The third-order valence-electron chi connectivity index (χ3n) is 3.00. The first-order valence-corrected chi connectivity index (χ1v) is 7.03. The Labute approximate surface area is 121 Å². The fraction of sp³-hybridized carbons (Fsp3) is 0.357. The lowest BCUT2D eigenvalue weighted by molar-refractivity contribution is 0.335. The van der Waals surface area contributed by atoms with Crippen molar-refractivity contribution in [2.75, 3.05) is 12.3 Å². The molecule has 0 spiro atoms. The Balaban J connectivity index is 2.36. The molecule has 0 aliphatic heterocycles. The molecule has 0 radical (unpaired) electrons. The quantitative estimate of drug-likeness (QED) is 0.878. The normalized spacial score (nSPS) is 10.7. The summed E-state index contributed by atoms with van der Waals surface area (Å²) >= 11 is 3.54. The van der Waals surface area contributed by atoms with Gasteiger partial charge in [0, 0.05) is 11.3 Å². The lowest BCUT2D eigenvalue weighted by Gasteiger charge is -2.12. The maximum Gasteiger partial charge on any atom is 0.124 e. The van der Waals surface area contributed by atoms with E-state index < -0.39 is 0 Å². The molecule has 2 N–H and O–H groups in total. The second kappa shape index (κ2) is 5.65. The highest BCUT2D eigenvalue weighted by molar-refractivity contribution is 9.10. The lowest BCUT2D eigenvalue weighted by atomic mass is 10.1. The van der Waals surface area contributed by atoms with Crippen molar-refractivity contribution >= 4 is 21.6 Å². The minimum absolute atomic E-state index is 0.637. The second-order valence-corrected chi connectivity index (χ2v) is 5.24. The average Bonchev–Trinajstić information content (AvgIpc) is 2.61. The number of nitrogen functional groups attached to an aromatic ring is 1. The fourth-order valence-corrected chi connectivity index (χ4v) is 2.29. The molecule has 0 aliphatic carbocycles. The van der Waals surface area contributed by atoms with Gasteiger partial charge in [-0.05, 0) is 54.9 Å². The molecule has 0 bridgehead atoms. The van der Waals surface area contributed by atoms with E-state index in [0.717, 1.165) is 32.9 Å². The fourth-order valence-electron chi connectivity index (χ4n) is 2.01. The average molecular weight is 324 g/mol. The summed E-state index contributed by atoms with van der Waals surface area (Å²) in [4.78, 5) is 0. The van der Waals surface area contributed by atoms with E-state index in [1.165, 1.54) is 0 Å². The number of aryl methyl sites for hydroxylation is 1. The maximum atomic E-state index is 5.86. The van der Waals surface area contributed by atoms with Crippen molar-refractivity contribution in [3.8, 4) is 5.75 Å². The summed E-state index contributed by atoms with van der Waals surface area (Å²) in [7, 11) is 0. The zero-order chi connectivity index (χ0) is 14.0. The van der Waals surface area contributed by atoms with Gasteiger partial charge in [-0.25, -0.2) is 0 Å². The summed E-state index contributed by atoms with van der Waals surface area (Å²) in [6.45, 7) is 7.28. The van der Waals surface area contributed by atoms with Crippen molar-refractivity contribution in [2.45, 2.75) is 27.3 Å². The van der Waals surface area contributed by atoms with Gasteiger partial charge in [-0.1, -0.05) is 0 Å². The number of nitrogens with zero attached hydrogens (tertiary/aromatic N) is 2. The molecule has 0 amide bonds. The van der Waals surface area contributed by atoms with E-state index in [1.807, 2.05) is 43.7 Å². The van der Waals surface area contributed by atoms with Gasteiger partial charge in [0.15, 0.2) is 0 Å². The van der Waals surface area contributed by atoms with Crippen molar-refractivity contribution in [3.63, 3.8) is 0 Å². The van der Waals surface area contributed by atoms with Crippen LogP contribution in [0.4, 0.5) is 5.69 Å². The number of nitrogens with two attached hydrogens (primary N) is 1. The number of aromatic nitrogens is 2. The molecular weight excluding hydrogens is 306 g/mol. The van der Waals surface area contributed by atoms with Gasteiger partial charge in [0.2, 0.25) is 0 Å². The van der Waals surface area contributed by atoms with Gasteiger partial charge in [-0.2, -0.15) is 5.10 Å². The van der Waals surface area contributed by atoms with Crippen molar-refractivity contribution in [2.24, 2.45) is 0 Å². The van der Waals surface area contributed by atoms with Gasteiger partial charge in [-0.3, -0.25) is 4.68 Å². The minimum atomic E-state index is 0.637. The Hall–Kier alpha value is -1.49. The number of hydrogen-bond donors (Lipinski definition) is 1. The smallest absolute Gasteiger partial charge is 0.124 e. The first-order chi connectivity index (χ1) is 9.02. The third kappa shape index (κ3) is 2.92. The number of anilines is 1. The van der Waals surface area contributed by atoms with E-state index >= 15 is 0 Å². The molecule has 0 atom stereocenters. The second-order valence-electron chi connectivity index (χ2n) is 4.44. The van der Waals surface area contributed by atoms with Crippen LogP contribution in [0.2, 0.25) is 0 Å². The molecule has 4 nitrogen and oxygen atoms in total. The first-order valence-electron chi connectivity index (χ1n) is 6.23. The van der Waals surface area contributed by atoms with E-state index in [2.05, 4.69) is 21.0 Å². The zero-order valence-electron chi connectivity index (χ0n) is 11.4. The number of ether oxygens (including phenoxy) is 1. The predicted molar refractivity (Wildman–Crippen MR) is 80.5 cm³/mol. The van der Waals surface area contributed by atoms with Crippen LogP contribution in [-0.2, 0) is 6.54 Å². The summed E-state index contributed by atoms with van der Waals surface area (Å²) in [5.74, 6) is 0.861. The van der Waals surface area contributed by atoms with Gasteiger partial charge in [0.05, 0.1) is 29.0 Å². The maximum absolute atomic E-state index is 5.86. The van der Waals surface area contributed by atoms with Crippen LogP contribution in [0.25, 0.3) is 0 Å². The van der Waals surface area contributed by atoms with Crippen LogP contribution in [0, 0.1) is 13.8 Å². The predicted octanol–water partition coefficient (Wildman–Crippen LogP) is 3.29. The van der Waals surface area contributed by atoms with Crippen LogP contribution in [0.5, 0.6) is 5.75 Å². The van der Waals surface area contributed by atoms with Crippen molar-refractivity contribution < 1.29 is 4.74 Å². The van der Waals surface area contributed by atoms with E-state index in [-0.39, 0.29) is 0 Å². The molecular formula is C14H18BrN3O. The largest absolute Gasteiger partial charge is 0.494 e. The molecule has 19 heavy (non-hydrogen) atoms. The Kier molecular flexibility index (Phi) is 4.14. The Bertz CT molecular complexity index is 593. The number of halogens is 1. The molecule has 1 aromatic heterocycles. The topological polar surface area (TPSA) is 53.1 Å². The highest BCUT2D eigenvalue weighted by Gasteiger charge is 2.11. The molecule has 0 aliphatic rings. The number of hydrogen-bond acceptors (Lipinski definition) is 3. The zero-order valence-corrected chi connectivity index (χ0v) is 13.0. The van der Waals surface area contributed by atoms with Crippen molar-refractivity contribution in [1.29, 1.82) is 0 Å². The van der Waals surface area contributed by atoms with Gasteiger partial charge in [0.25, 0.3) is 0 Å². The molecule has 0 fully saturated rings. The lowest BCUT2D eigenvalue weighted by Crippen LogP contribution is -2.07. The highest BCUT2D eigenvalue weighted by Crippen LogP contribution is 2.25. The summed E-state index contributed by atoms with van der Waals surface area (Å²) in [6.07, 6.45) is 0. The number of rotatable bonds is 4. The summed E-state index contributed by atoms with van der Waals surface area (Å²) < 4.78 is 8.64. The van der Waals surface area contributed by atoms with Gasteiger partial charge in [-0.15, -0.1) is 0 Å². The molecule has 102 valence electrons. The Morgan fingerprint density at radius 1 is 1.37 bits per heavy atom. The Morgan fingerprint density at radius 3 is 2.68 bits per heavy atom. The molecule has 0 saturated carbocycles. The van der Waals surface area contributed by atoms with Gasteiger partial charge in [0.1, 0.15) is 5.75 Å². The molecule has 1 heterocycles. The van der Waals surface area contributed by atoms with E-state index in [1.54, 1.807) is 0 Å². The molecule has 0 unspecified atom stereocenters. The number of benzene rings is 1. The van der Waals surface area contributed by atoms with Crippen LogP contribution in [0.3, 0.4) is 0 Å². The summed E-state index contributed by atoms with van der Waals surface area (Å²) in [5.41, 5.74) is 9.72. The summed E-state index contributed by atoms with van der Waals surface area (Å²) in [6, 6.07) is 5.70. The van der Waals surface area contributed by atoms with Crippen LogP contribution in [0.1, 0.15) is 23.9 Å². The van der Waals surface area contributed by atoms with Crippen LogP contribution in [-0.4, -0.2) is 16.4 Å². The molecule has 2 aromatic rings. The van der Waals surface area contributed by atoms with Crippen LogP contribution in [0.15, 0.2) is 22.7 Å². The van der Waals surface area contributed by atoms with E-state index in [0.29, 0.717) is 13.2 Å². The van der Waals surface area contributed by atoms with Crippen LogP contribution < -0.4 is 10.5 Å². The minimum Gasteiger partial charge on any atom is -0.494 e. The monoisotopic (exact) mass is 323 g/mol. The van der Waals surface area contributed by atoms with Gasteiger partial charge < -0.3 is 10.5 Å². The van der Waals surface area contributed by atoms with E-state index in [4.69, 9.17) is 10.5 Å². The standard InChI is InChI=1S/C14H18BrN3O/c1-4-19-13-6-5-12(16)7-11(13)8-18-10(3)14(15)9(2)17-18/h5-7H,4,8,16H2,1-3H3. The SMILES string of the molecule is CCOc1ccc(N)cc1Cn1nc(C)c(Br)c1C. The third-order valence-corrected chi connectivity index (χ3v) is 4.15. The first kappa shape index (κ1) is 13.9. The van der Waals surface area contributed by atoms with Gasteiger partial charge >= 0.3 is 0 Å². The summed E-state index contributed by atoms with van der Waals surface area (Å²) in [5, 5.41) is 4.51.